The molecular weight excluding hydrogens is 650 g/mol. The highest BCUT2D eigenvalue weighted by molar-refractivity contribution is 5.96. The van der Waals surface area contributed by atoms with Crippen molar-refractivity contribution < 1.29 is 53.7 Å². The number of amides is 7. The molecule has 20 nitrogen and oxygen atoms in total. The Morgan fingerprint density at radius 1 is 0.612 bits per heavy atom. The fourth-order valence-corrected chi connectivity index (χ4v) is 4.12. The molecule has 0 aromatic rings. The van der Waals surface area contributed by atoms with Crippen LogP contribution in [0.1, 0.15) is 53.4 Å². The van der Waals surface area contributed by atoms with Crippen LogP contribution in [0.2, 0.25) is 0 Å². The summed E-state index contributed by atoms with van der Waals surface area (Å²) in [5, 5.41) is 43.8. The van der Waals surface area contributed by atoms with Crippen LogP contribution in [0.15, 0.2) is 0 Å². The van der Waals surface area contributed by atoms with Crippen LogP contribution in [0.5, 0.6) is 0 Å². The van der Waals surface area contributed by atoms with Crippen molar-refractivity contribution in [3.05, 3.63) is 0 Å². The summed E-state index contributed by atoms with van der Waals surface area (Å²) < 4.78 is 0. The van der Waals surface area contributed by atoms with Crippen LogP contribution in [-0.4, -0.2) is 132 Å². The van der Waals surface area contributed by atoms with Gasteiger partial charge < -0.3 is 64.0 Å². The van der Waals surface area contributed by atoms with Crippen molar-refractivity contribution in [3.8, 4) is 0 Å². The first-order chi connectivity index (χ1) is 23.0. The average Bonchev–Trinajstić information content (AvgIpc) is 3.04. The Bertz CT molecular complexity index is 1140. The molecule has 280 valence electrons. The number of carbonyl (C=O) groups excluding carboxylic acids is 7. The maximum Gasteiger partial charge on any atom is 0.322 e. The first-order valence-corrected chi connectivity index (χ1v) is 15.9. The van der Waals surface area contributed by atoms with Gasteiger partial charge in [-0.15, -0.1) is 0 Å². The zero-order valence-corrected chi connectivity index (χ0v) is 28.4. The summed E-state index contributed by atoms with van der Waals surface area (Å²) in [6.07, 6.45) is 1.71. The van der Waals surface area contributed by atoms with Gasteiger partial charge in [0.15, 0.2) is 0 Å². The summed E-state index contributed by atoms with van der Waals surface area (Å²) in [7, 11) is 0. The molecule has 0 aliphatic heterocycles. The van der Waals surface area contributed by atoms with Gasteiger partial charge in [0.2, 0.25) is 41.4 Å². The Hall–Kier alpha value is -4.40. The fourth-order valence-electron chi connectivity index (χ4n) is 4.12. The van der Waals surface area contributed by atoms with Crippen molar-refractivity contribution in [1.82, 2.24) is 37.2 Å². The number of aliphatic hydroxyl groups excluding tert-OH is 2. The Morgan fingerprint density at radius 2 is 1.14 bits per heavy atom. The van der Waals surface area contributed by atoms with E-state index in [1.807, 2.05) is 5.32 Å². The molecule has 49 heavy (non-hydrogen) atoms. The minimum absolute atomic E-state index is 0.101. The second-order valence-electron chi connectivity index (χ2n) is 12.0. The molecule has 0 bridgehead atoms. The highest BCUT2D eigenvalue weighted by Gasteiger charge is 2.32. The Morgan fingerprint density at radius 3 is 1.67 bits per heavy atom. The number of hydrogen-bond donors (Lipinski definition) is 12. The van der Waals surface area contributed by atoms with E-state index in [4.69, 9.17) is 16.6 Å². The summed E-state index contributed by atoms with van der Waals surface area (Å²) in [6, 6.07) is -6.13. The Balaban J connectivity index is 5.23. The summed E-state index contributed by atoms with van der Waals surface area (Å²) in [4.78, 5) is 98.4. The first-order valence-electron chi connectivity index (χ1n) is 15.9. The third kappa shape index (κ3) is 18.7. The number of unbranched alkanes of at least 4 members (excludes halogenated alkanes) is 1. The number of rotatable bonds is 24. The number of nitrogens with one attached hydrogen (secondary N) is 7. The molecule has 0 aliphatic rings. The van der Waals surface area contributed by atoms with E-state index in [1.54, 1.807) is 27.7 Å². The number of aliphatic hydroxyl groups is 2. The van der Waals surface area contributed by atoms with Crippen LogP contribution in [0, 0.1) is 11.8 Å². The molecule has 14 N–H and O–H groups in total. The second-order valence-corrected chi connectivity index (χ2v) is 12.0. The molecule has 0 heterocycles. The highest BCUT2D eigenvalue weighted by atomic mass is 16.4. The summed E-state index contributed by atoms with van der Waals surface area (Å²) in [6.45, 7) is 3.68. The molecule has 0 saturated carbocycles. The topological polar surface area (TPSA) is 334 Å². The molecule has 5 atom stereocenters. The number of aliphatic carboxylic acids is 1. The van der Waals surface area contributed by atoms with Gasteiger partial charge in [0.1, 0.15) is 30.7 Å². The van der Waals surface area contributed by atoms with E-state index in [9.17, 15) is 48.6 Å². The van der Waals surface area contributed by atoms with Crippen LogP contribution in [0.25, 0.3) is 0 Å². The third-order valence-corrected chi connectivity index (χ3v) is 6.83. The fraction of sp³-hybridized carbons (Fsp3) is 0.724. The van der Waals surface area contributed by atoms with Crippen molar-refractivity contribution in [2.24, 2.45) is 23.3 Å². The van der Waals surface area contributed by atoms with E-state index < -0.39 is 116 Å². The highest BCUT2D eigenvalue weighted by Crippen LogP contribution is 2.09. The van der Waals surface area contributed by atoms with Gasteiger partial charge in [-0.2, -0.15) is 0 Å². The number of hydrogen-bond acceptors (Lipinski definition) is 12. The number of carboxylic acids is 1. The SMILES string of the molecule is CC(C)C[C@H](NC(=O)[C@@H](NC(=O)[C@H](CO)NC(=O)[C@@H](N)CCCCN)C(C)C)C(=O)NCC(=O)NCC(=O)N[C@@H](CO)C(=O)NCC(=O)O. The molecule has 0 spiro atoms. The predicted octanol–water partition coefficient (Wildman–Crippen LogP) is -5.50. The largest absolute Gasteiger partial charge is 0.480 e. The molecule has 0 aromatic heterocycles. The predicted molar refractivity (Wildman–Crippen MR) is 174 cm³/mol. The van der Waals surface area contributed by atoms with Crippen molar-refractivity contribution in [2.45, 2.75) is 83.6 Å². The monoisotopic (exact) mass is 703 g/mol. The van der Waals surface area contributed by atoms with Gasteiger partial charge in [0, 0.05) is 0 Å². The molecular formula is C29H53N9O11. The third-order valence-electron chi connectivity index (χ3n) is 6.83. The van der Waals surface area contributed by atoms with E-state index >= 15 is 0 Å². The number of nitrogens with two attached hydrogens (primary N) is 2. The standard InChI is InChI=1S/C29H53N9O11/c1-15(2)9-18(26(46)33-10-21(41)32-11-22(42)35-19(13-39)27(47)34-12-23(43)44)36-29(49)24(16(3)4)38-28(48)20(14-40)37-25(45)17(31)7-5-6-8-30/h15-20,24,39-40H,5-14,30-31H2,1-4H3,(H,32,41)(H,33,46)(H,34,47)(H,35,42)(H,36,49)(H,37,45)(H,38,48)(H,43,44)/t17-,18-,19-,20-,24-/m0/s1. The molecule has 0 rings (SSSR count). The van der Waals surface area contributed by atoms with E-state index in [0.717, 1.165) is 0 Å². The molecule has 7 amide bonds. The van der Waals surface area contributed by atoms with Gasteiger partial charge in [0.25, 0.3) is 0 Å². The first kappa shape index (κ1) is 44.6. The normalized spacial score (nSPS) is 14.0. The smallest absolute Gasteiger partial charge is 0.322 e. The van der Waals surface area contributed by atoms with Crippen LogP contribution < -0.4 is 48.7 Å². The van der Waals surface area contributed by atoms with Gasteiger partial charge in [-0.25, -0.2) is 0 Å². The van der Waals surface area contributed by atoms with Crippen LogP contribution in [0.3, 0.4) is 0 Å². The molecule has 0 fully saturated rings. The van der Waals surface area contributed by atoms with Crippen LogP contribution >= 0.6 is 0 Å². The number of carboxylic acid groups (broad SMARTS) is 1. The summed E-state index contributed by atoms with van der Waals surface area (Å²) in [5.41, 5.74) is 11.3. The Kier molecular flexibility index (Phi) is 21.7. The zero-order valence-electron chi connectivity index (χ0n) is 28.4. The van der Waals surface area contributed by atoms with Gasteiger partial charge in [0.05, 0.1) is 32.3 Å². The summed E-state index contributed by atoms with van der Waals surface area (Å²) >= 11 is 0. The number of carbonyl (C=O) groups is 8. The van der Waals surface area contributed by atoms with Crippen molar-refractivity contribution in [2.75, 3.05) is 39.4 Å². The van der Waals surface area contributed by atoms with Crippen LogP contribution in [-0.2, 0) is 38.4 Å². The summed E-state index contributed by atoms with van der Waals surface area (Å²) in [5.74, 6) is -7.57. The van der Waals surface area contributed by atoms with E-state index in [1.165, 1.54) is 0 Å². The lowest BCUT2D eigenvalue weighted by Crippen LogP contribution is -2.60. The van der Waals surface area contributed by atoms with E-state index in [2.05, 4.69) is 31.9 Å². The molecule has 0 radical (unpaired) electrons. The van der Waals surface area contributed by atoms with Gasteiger partial charge in [-0.05, 0) is 37.6 Å². The zero-order chi connectivity index (χ0) is 37.7. The molecule has 0 aromatic carbocycles. The quantitative estimate of drug-likeness (QED) is 0.0418. The van der Waals surface area contributed by atoms with E-state index in [-0.39, 0.29) is 12.3 Å². The van der Waals surface area contributed by atoms with Gasteiger partial charge >= 0.3 is 5.97 Å². The lowest BCUT2D eigenvalue weighted by atomic mass is 9.99. The molecule has 0 unspecified atom stereocenters. The molecule has 0 saturated heterocycles. The van der Waals surface area contributed by atoms with Crippen molar-refractivity contribution >= 4 is 47.3 Å². The maximum atomic E-state index is 13.3. The minimum atomic E-state index is -1.47. The van der Waals surface area contributed by atoms with Gasteiger partial charge in [-0.3, -0.25) is 38.4 Å². The molecule has 0 aliphatic carbocycles. The maximum absolute atomic E-state index is 13.3. The second kappa shape index (κ2) is 23.8. The van der Waals surface area contributed by atoms with Crippen molar-refractivity contribution in [1.29, 1.82) is 0 Å². The average molecular weight is 704 g/mol. The minimum Gasteiger partial charge on any atom is -0.480 e. The Labute approximate surface area is 284 Å². The van der Waals surface area contributed by atoms with Gasteiger partial charge in [-0.1, -0.05) is 34.1 Å². The van der Waals surface area contributed by atoms with E-state index in [0.29, 0.717) is 25.8 Å². The lowest BCUT2D eigenvalue weighted by Gasteiger charge is -2.27. The lowest BCUT2D eigenvalue weighted by molar-refractivity contribution is -0.138. The molecule has 20 heteroatoms. The van der Waals surface area contributed by atoms with Crippen LogP contribution in [0.4, 0.5) is 0 Å². The van der Waals surface area contributed by atoms with Crippen molar-refractivity contribution in [3.63, 3.8) is 0 Å².